The molecule has 0 saturated heterocycles. The van der Waals surface area contributed by atoms with Crippen LogP contribution in [0.15, 0.2) is 54.9 Å². The van der Waals surface area contributed by atoms with Gasteiger partial charge in [0.25, 0.3) is 5.91 Å². The molecule has 3 aromatic rings. The van der Waals surface area contributed by atoms with E-state index >= 15 is 0 Å². The molecule has 6 nitrogen and oxygen atoms in total. The molecule has 28 heavy (non-hydrogen) atoms. The zero-order chi connectivity index (χ0) is 20.3. The van der Waals surface area contributed by atoms with Crippen LogP contribution in [-0.4, -0.2) is 20.7 Å². The number of rotatable bonds is 5. The Morgan fingerprint density at radius 2 is 1.79 bits per heavy atom. The Morgan fingerprint density at radius 3 is 2.36 bits per heavy atom. The molecule has 146 valence electrons. The molecule has 1 aromatic carbocycles. The van der Waals surface area contributed by atoms with Gasteiger partial charge in [-0.15, -0.1) is 0 Å². The van der Waals surface area contributed by atoms with Crippen molar-refractivity contribution in [1.82, 2.24) is 14.8 Å². The monoisotopic (exact) mass is 390 g/mol. The summed E-state index contributed by atoms with van der Waals surface area (Å²) >= 11 is 0. The molecule has 0 fully saturated rings. The van der Waals surface area contributed by atoms with Crippen LogP contribution in [0.1, 0.15) is 35.9 Å². The molecule has 1 amide bonds. The van der Waals surface area contributed by atoms with Gasteiger partial charge < -0.3 is 10.1 Å². The molecule has 9 heteroatoms. The van der Waals surface area contributed by atoms with Gasteiger partial charge >= 0.3 is 6.18 Å². The molecule has 0 bridgehead atoms. The lowest BCUT2D eigenvalue weighted by Gasteiger charge is -2.15. The standard InChI is InChI=1S/C19H17F3N4O2/c1-12(2)26-17(19(20,21)22)15(11-24-26)18(27)25-16-9-8-14(10-23-16)28-13-6-4-3-5-7-13/h3-12H,1-2H3,(H,23,25,27). The molecule has 2 heterocycles. The zero-order valence-electron chi connectivity index (χ0n) is 15.1. The fourth-order valence-electron chi connectivity index (χ4n) is 2.53. The largest absolute Gasteiger partial charge is 0.456 e. The highest BCUT2D eigenvalue weighted by molar-refractivity contribution is 6.04. The fourth-order valence-corrected chi connectivity index (χ4v) is 2.53. The predicted molar refractivity (Wildman–Crippen MR) is 96.3 cm³/mol. The summed E-state index contributed by atoms with van der Waals surface area (Å²) in [5.74, 6) is 0.184. The van der Waals surface area contributed by atoms with E-state index in [1.807, 2.05) is 18.2 Å². The summed E-state index contributed by atoms with van der Waals surface area (Å²) in [6, 6.07) is 11.4. The number of ether oxygens (including phenoxy) is 1. The number of anilines is 1. The van der Waals surface area contributed by atoms with Crippen molar-refractivity contribution in [3.05, 3.63) is 66.1 Å². The summed E-state index contributed by atoms with van der Waals surface area (Å²) in [6.07, 6.45) is -2.44. The van der Waals surface area contributed by atoms with Crippen molar-refractivity contribution in [3.8, 4) is 11.5 Å². The molecule has 0 aliphatic heterocycles. The SMILES string of the molecule is CC(C)n1ncc(C(=O)Nc2ccc(Oc3ccccc3)cn2)c1C(F)(F)F. The Kier molecular flexibility index (Phi) is 5.34. The molecule has 2 aromatic heterocycles. The summed E-state index contributed by atoms with van der Waals surface area (Å²) in [5.41, 5.74) is -1.66. The van der Waals surface area contributed by atoms with Gasteiger partial charge in [0.05, 0.1) is 18.0 Å². The van der Waals surface area contributed by atoms with Crippen molar-refractivity contribution in [3.63, 3.8) is 0 Å². The molecule has 1 N–H and O–H groups in total. The second-order valence-corrected chi connectivity index (χ2v) is 6.19. The number of hydrogen-bond donors (Lipinski definition) is 1. The molecule has 0 spiro atoms. The van der Waals surface area contributed by atoms with Crippen LogP contribution in [0.2, 0.25) is 0 Å². The first-order chi connectivity index (χ1) is 13.3. The van der Waals surface area contributed by atoms with Gasteiger partial charge in [0, 0.05) is 6.04 Å². The van der Waals surface area contributed by atoms with Gasteiger partial charge in [-0.1, -0.05) is 18.2 Å². The predicted octanol–water partition coefficient (Wildman–Crippen LogP) is 4.92. The molecule has 0 atom stereocenters. The van der Waals surface area contributed by atoms with Gasteiger partial charge in [-0.3, -0.25) is 9.48 Å². The van der Waals surface area contributed by atoms with E-state index in [9.17, 15) is 18.0 Å². The maximum absolute atomic E-state index is 13.4. The Hall–Kier alpha value is -3.36. The van der Waals surface area contributed by atoms with E-state index < -0.39 is 29.4 Å². The average Bonchev–Trinajstić information content (AvgIpc) is 3.10. The number of nitrogens with one attached hydrogen (secondary N) is 1. The molecule has 0 aliphatic carbocycles. The van der Waals surface area contributed by atoms with Gasteiger partial charge in [-0.2, -0.15) is 18.3 Å². The van der Waals surface area contributed by atoms with E-state index in [2.05, 4.69) is 15.4 Å². The van der Waals surface area contributed by atoms with Crippen molar-refractivity contribution >= 4 is 11.7 Å². The van der Waals surface area contributed by atoms with Gasteiger partial charge in [0.15, 0.2) is 5.69 Å². The van der Waals surface area contributed by atoms with E-state index in [0.29, 0.717) is 11.5 Å². The Balaban J connectivity index is 1.77. The quantitative estimate of drug-likeness (QED) is 0.671. The average molecular weight is 390 g/mol. The minimum absolute atomic E-state index is 0.0934. The Labute approximate surface area is 159 Å². The van der Waals surface area contributed by atoms with Crippen LogP contribution < -0.4 is 10.1 Å². The number of halogens is 3. The zero-order valence-corrected chi connectivity index (χ0v) is 15.1. The van der Waals surface area contributed by atoms with Crippen LogP contribution in [0.3, 0.4) is 0 Å². The first-order valence-corrected chi connectivity index (χ1v) is 8.40. The van der Waals surface area contributed by atoms with E-state index in [-0.39, 0.29) is 5.82 Å². The van der Waals surface area contributed by atoms with Crippen molar-refractivity contribution in [2.45, 2.75) is 26.1 Å². The smallest absolute Gasteiger partial charge is 0.433 e. The Bertz CT molecular complexity index is 952. The van der Waals surface area contributed by atoms with Crippen LogP contribution in [0.25, 0.3) is 0 Å². The number of para-hydroxylation sites is 1. The van der Waals surface area contributed by atoms with Crippen LogP contribution in [-0.2, 0) is 6.18 Å². The number of nitrogens with zero attached hydrogens (tertiary/aromatic N) is 3. The number of pyridine rings is 1. The normalized spacial score (nSPS) is 11.5. The highest BCUT2D eigenvalue weighted by atomic mass is 19.4. The summed E-state index contributed by atoms with van der Waals surface area (Å²) in [5, 5.41) is 6.06. The summed E-state index contributed by atoms with van der Waals surface area (Å²) in [4.78, 5) is 16.4. The fraction of sp³-hybridized carbons (Fsp3) is 0.211. The molecule has 0 saturated carbocycles. The number of hydrogen-bond acceptors (Lipinski definition) is 4. The third-order valence-electron chi connectivity index (χ3n) is 3.75. The highest BCUT2D eigenvalue weighted by Gasteiger charge is 2.40. The maximum atomic E-state index is 13.4. The number of carbonyl (C=O) groups is 1. The molecule has 3 rings (SSSR count). The van der Waals surface area contributed by atoms with E-state index in [1.54, 1.807) is 32.0 Å². The number of aromatic nitrogens is 3. The van der Waals surface area contributed by atoms with Crippen molar-refractivity contribution in [2.24, 2.45) is 0 Å². The lowest BCUT2D eigenvalue weighted by atomic mass is 10.2. The van der Waals surface area contributed by atoms with Crippen molar-refractivity contribution < 1.29 is 22.7 Å². The third-order valence-corrected chi connectivity index (χ3v) is 3.75. The summed E-state index contributed by atoms with van der Waals surface area (Å²) in [6.45, 7) is 3.11. The molecule has 0 radical (unpaired) electrons. The second kappa shape index (κ2) is 7.71. The minimum Gasteiger partial charge on any atom is -0.456 e. The van der Waals surface area contributed by atoms with E-state index in [4.69, 9.17) is 4.74 Å². The highest BCUT2D eigenvalue weighted by Crippen LogP contribution is 2.34. The summed E-state index contributed by atoms with van der Waals surface area (Å²) in [7, 11) is 0. The number of carbonyl (C=O) groups excluding carboxylic acids is 1. The first kappa shape index (κ1) is 19.4. The third kappa shape index (κ3) is 4.30. The molecule has 0 aliphatic rings. The minimum atomic E-state index is -4.71. The van der Waals surface area contributed by atoms with Crippen LogP contribution in [0.5, 0.6) is 11.5 Å². The van der Waals surface area contributed by atoms with Crippen molar-refractivity contribution in [1.29, 1.82) is 0 Å². The van der Waals surface area contributed by atoms with E-state index in [1.165, 1.54) is 12.3 Å². The number of alkyl halides is 3. The van der Waals surface area contributed by atoms with Crippen molar-refractivity contribution in [2.75, 3.05) is 5.32 Å². The lowest BCUT2D eigenvalue weighted by Crippen LogP contribution is -2.22. The first-order valence-electron chi connectivity index (χ1n) is 8.40. The molecular formula is C19H17F3N4O2. The molecular weight excluding hydrogens is 373 g/mol. The summed E-state index contributed by atoms with van der Waals surface area (Å²) < 4.78 is 46.5. The number of benzene rings is 1. The maximum Gasteiger partial charge on any atom is 0.433 e. The van der Waals surface area contributed by atoms with Gasteiger partial charge in [-0.25, -0.2) is 4.98 Å². The molecule has 0 unspecified atom stereocenters. The van der Waals surface area contributed by atoms with Crippen LogP contribution >= 0.6 is 0 Å². The van der Waals surface area contributed by atoms with Crippen LogP contribution in [0, 0.1) is 0 Å². The lowest BCUT2D eigenvalue weighted by molar-refractivity contribution is -0.145. The van der Waals surface area contributed by atoms with Gasteiger partial charge in [-0.05, 0) is 38.1 Å². The van der Waals surface area contributed by atoms with Crippen LogP contribution in [0.4, 0.5) is 19.0 Å². The topological polar surface area (TPSA) is 69.0 Å². The Morgan fingerprint density at radius 1 is 1.07 bits per heavy atom. The number of amides is 1. The second-order valence-electron chi connectivity index (χ2n) is 6.19. The van der Waals surface area contributed by atoms with Gasteiger partial charge in [0.1, 0.15) is 17.3 Å². The van der Waals surface area contributed by atoms with Gasteiger partial charge in [0.2, 0.25) is 0 Å². The van der Waals surface area contributed by atoms with E-state index in [0.717, 1.165) is 10.9 Å².